The van der Waals surface area contributed by atoms with Crippen molar-refractivity contribution in [1.82, 2.24) is 0 Å². The van der Waals surface area contributed by atoms with E-state index in [4.69, 9.17) is 0 Å². The number of allylic oxidation sites excluding steroid dienone is 1. The van der Waals surface area contributed by atoms with E-state index in [1.807, 2.05) is 12.1 Å². The van der Waals surface area contributed by atoms with Crippen molar-refractivity contribution in [3.63, 3.8) is 0 Å². The van der Waals surface area contributed by atoms with Gasteiger partial charge in [0.25, 0.3) is 0 Å². The molecule has 0 spiro atoms. The molecule has 0 amide bonds. The summed E-state index contributed by atoms with van der Waals surface area (Å²) in [6.45, 7) is 6.56. The van der Waals surface area contributed by atoms with Gasteiger partial charge in [0.05, 0.1) is 0 Å². The minimum absolute atomic E-state index is 0.206. The molecule has 0 aliphatic rings. The summed E-state index contributed by atoms with van der Waals surface area (Å²) >= 11 is 1.73. The molecule has 0 saturated heterocycles. The molecule has 0 radical (unpaired) electrons. The number of hydrogen-bond acceptors (Lipinski definition) is 2. The summed E-state index contributed by atoms with van der Waals surface area (Å²) in [7, 11) is 0. The Morgan fingerprint density at radius 3 is 2.46 bits per heavy atom. The summed E-state index contributed by atoms with van der Waals surface area (Å²) in [5, 5.41) is 0. The summed E-state index contributed by atoms with van der Waals surface area (Å²) in [6, 6.07) is 4.17. The van der Waals surface area contributed by atoms with E-state index in [0.29, 0.717) is 0 Å². The zero-order chi connectivity index (χ0) is 9.90. The van der Waals surface area contributed by atoms with Gasteiger partial charge >= 0.3 is 0 Å². The van der Waals surface area contributed by atoms with Gasteiger partial charge in [-0.2, -0.15) is 0 Å². The summed E-state index contributed by atoms with van der Waals surface area (Å²) < 4.78 is 0. The molecule has 70 valence electrons. The van der Waals surface area contributed by atoms with Crippen LogP contribution in [0.5, 0.6) is 0 Å². The van der Waals surface area contributed by atoms with Crippen LogP contribution in [-0.2, 0) is 10.2 Å². The van der Waals surface area contributed by atoms with Gasteiger partial charge in [0.2, 0.25) is 0 Å². The van der Waals surface area contributed by atoms with Crippen LogP contribution in [0.25, 0.3) is 6.08 Å². The first kappa shape index (κ1) is 10.2. The second kappa shape index (κ2) is 3.88. The molecular weight excluding hydrogens is 180 g/mol. The fourth-order valence-electron chi connectivity index (χ4n) is 0.980. The minimum atomic E-state index is 0.206. The standard InChI is InChI=1S/C11H14OS/c1-11(2,3)10-7-6-9(13-10)5-4-8-12/h4-8H,1-3H3/b5-4+. The summed E-state index contributed by atoms with van der Waals surface area (Å²) in [5.41, 5.74) is 0.206. The third-order valence-corrected chi connectivity index (χ3v) is 3.18. The largest absolute Gasteiger partial charge is 0.299 e. The van der Waals surface area contributed by atoms with Crippen molar-refractivity contribution in [1.29, 1.82) is 0 Å². The topological polar surface area (TPSA) is 17.1 Å². The lowest BCUT2D eigenvalue weighted by molar-refractivity contribution is -0.104. The number of carbonyl (C=O) groups excluding carboxylic acids is 1. The number of aldehydes is 1. The van der Waals surface area contributed by atoms with Crippen LogP contribution in [0.2, 0.25) is 0 Å². The van der Waals surface area contributed by atoms with Gasteiger partial charge in [-0.15, -0.1) is 11.3 Å². The van der Waals surface area contributed by atoms with E-state index in [2.05, 4.69) is 26.8 Å². The highest BCUT2D eigenvalue weighted by molar-refractivity contribution is 7.13. The van der Waals surface area contributed by atoms with E-state index >= 15 is 0 Å². The molecule has 0 aromatic carbocycles. The molecule has 0 saturated carbocycles. The number of rotatable bonds is 2. The SMILES string of the molecule is CC(C)(C)c1ccc(/C=C/C=O)s1. The molecule has 2 heteroatoms. The van der Waals surface area contributed by atoms with Gasteiger partial charge in [-0.3, -0.25) is 4.79 Å². The van der Waals surface area contributed by atoms with Crippen molar-refractivity contribution in [2.75, 3.05) is 0 Å². The molecule has 0 aliphatic carbocycles. The van der Waals surface area contributed by atoms with E-state index in [-0.39, 0.29) is 5.41 Å². The fourth-order valence-corrected chi connectivity index (χ4v) is 1.96. The molecule has 1 aromatic rings. The van der Waals surface area contributed by atoms with Crippen molar-refractivity contribution in [2.24, 2.45) is 0 Å². The number of thiophene rings is 1. The first-order valence-electron chi connectivity index (χ1n) is 4.26. The lowest BCUT2D eigenvalue weighted by Gasteiger charge is -2.15. The number of hydrogen-bond donors (Lipinski definition) is 0. The molecule has 0 fully saturated rings. The third-order valence-electron chi connectivity index (χ3n) is 1.71. The Balaban J connectivity index is 2.87. The molecule has 1 nitrogen and oxygen atoms in total. The van der Waals surface area contributed by atoms with Crippen molar-refractivity contribution >= 4 is 23.7 Å². The minimum Gasteiger partial charge on any atom is -0.299 e. The maximum atomic E-state index is 10.1. The average molecular weight is 194 g/mol. The highest BCUT2D eigenvalue weighted by Crippen LogP contribution is 2.29. The van der Waals surface area contributed by atoms with E-state index in [1.54, 1.807) is 11.3 Å². The molecule has 0 N–H and O–H groups in total. The second-order valence-corrected chi connectivity index (χ2v) is 5.06. The van der Waals surface area contributed by atoms with E-state index < -0.39 is 0 Å². The van der Waals surface area contributed by atoms with Crippen LogP contribution in [0, 0.1) is 0 Å². The molecular formula is C11H14OS. The quantitative estimate of drug-likeness (QED) is 0.521. The van der Waals surface area contributed by atoms with Gasteiger partial charge in [0.1, 0.15) is 6.29 Å². The Morgan fingerprint density at radius 1 is 1.31 bits per heavy atom. The maximum Gasteiger partial charge on any atom is 0.142 e. The zero-order valence-electron chi connectivity index (χ0n) is 8.20. The Bertz CT molecular complexity index is 315. The monoisotopic (exact) mass is 194 g/mol. The first-order valence-corrected chi connectivity index (χ1v) is 5.08. The molecule has 0 aliphatic heterocycles. The number of carbonyl (C=O) groups is 1. The predicted molar refractivity (Wildman–Crippen MR) is 58.1 cm³/mol. The van der Waals surface area contributed by atoms with Crippen LogP contribution in [-0.4, -0.2) is 6.29 Å². The highest BCUT2D eigenvalue weighted by Gasteiger charge is 2.14. The van der Waals surface area contributed by atoms with E-state index in [9.17, 15) is 4.79 Å². The highest BCUT2D eigenvalue weighted by atomic mass is 32.1. The summed E-state index contributed by atoms with van der Waals surface area (Å²) in [4.78, 5) is 12.6. The van der Waals surface area contributed by atoms with Gasteiger partial charge in [-0.25, -0.2) is 0 Å². The summed E-state index contributed by atoms with van der Waals surface area (Å²) in [5.74, 6) is 0. The Labute approximate surface area is 83.1 Å². The van der Waals surface area contributed by atoms with Crippen molar-refractivity contribution < 1.29 is 4.79 Å². The van der Waals surface area contributed by atoms with Crippen LogP contribution in [0.4, 0.5) is 0 Å². The van der Waals surface area contributed by atoms with E-state index in [1.165, 1.54) is 11.0 Å². The van der Waals surface area contributed by atoms with Gasteiger partial charge < -0.3 is 0 Å². The van der Waals surface area contributed by atoms with Gasteiger partial charge in [0, 0.05) is 9.75 Å². The van der Waals surface area contributed by atoms with Gasteiger partial charge in [0.15, 0.2) is 0 Å². The van der Waals surface area contributed by atoms with E-state index in [0.717, 1.165) is 11.2 Å². The molecule has 1 heterocycles. The molecule has 1 aromatic heterocycles. The Kier molecular flexibility index (Phi) is 3.04. The van der Waals surface area contributed by atoms with Gasteiger partial charge in [-0.05, 0) is 29.7 Å². The zero-order valence-corrected chi connectivity index (χ0v) is 9.02. The molecule has 0 atom stereocenters. The maximum absolute atomic E-state index is 10.1. The van der Waals surface area contributed by atoms with Crippen LogP contribution in [0.15, 0.2) is 18.2 Å². The Hall–Kier alpha value is -0.890. The van der Waals surface area contributed by atoms with Crippen molar-refractivity contribution in [3.05, 3.63) is 28.0 Å². The molecule has 0 unspecified atom stereocenters. The smallest absolute Gasteiger partial charge is 0.142 e. The third kappa shape index (κ3) is 2.81. The predicted octanol–water partition coefficient (Wildman–Crippen LogP) is 3.26. The second-order valence-electron chi connectivity index (χ2n) is 3.95. The molecule has 1 rings (SSSR count). The average Bonchev–Trinajstić information content (AvgIpc) is 2.47. The fraction of sp³-hybridized carbons (Fsp3) is 0.364. The molecule has 13 heavy (non-hydrogen) atoms. The lowest BCUT2D eigenvalue weighted by Crippen LogP contribution is -2.07. The van der Waals surface area contributed by atoms with Crippen LogP contribution in [0.1, 0.15) is 30.5 Å². The van der Waals surface area contributed by atoms with Crippen LogP contribution in [0.3, 0.4) is 0 Å². The van der Waals surface area contributed by atoms with Crippen molar-refractivity contribution in [3.8, 4) is 0 Å². The lowest BCUT2D eigenvalue weighted by atomic mass is 9.95. The van der Waals surface area contributed by atoms with Crippen molar-refractivity contribution in [2.45, 2.75) is 26.2 Å². The first-order chi connectivity index (χ1) is 6.04. The normalized spacial score (nSPS) is 12.2. The molecule has 0 bridgehead atoms. The van der Waals surface area contributed by atoms with Crippen LogP contribution < -0.4 is 0 Å². The summed E-state index contributed by atoms with van der Waals surface area (Å²) in [6.07, 6.45) is 4.17. The van der Waals surface area contributed by atoms with Gasteiger partial charge in [-0.1, -0.05) is 20.8 Å². The Morgan fingerprint density at radius 2 is 2.00 bits per heavy atom. The van der Waals surface area contributed by atoms with Crippen LogP contribution >= 0.6 is 11.3 Å².